The largest absolute Gasteiger partial charge is 0.309 e. The van der Waals surface area contributed by atoms with Crippen LogP contribution in [0.25, 0.3) is 89.5 Å². The van der Waals surface area contributed by atoms with Gasteiger partial charge in [-0.3, -0.25) is 0 Å². The molecule has 0 unspecified atom stereocenters. The van der Waals surface area contributed by atoms with Crippen molar-refractivity contribution < 1.29 is 0 Å². The van der Waals surface area contributed by atoms with E-state index in [0.717, 1.165) is 0 Å². The Bertz CT molecular complexity index is 2960. The molecule has 11 aromatic rings. The van der Waals surface area contributed by atoms with Crippen LogP contribution in [-0.4, -0.2) is 13.7 Å². The Balaban J connectivity index is 1.12. The van der Waals surface area contributed by atoms with Crippen LogP contribution in [0, 0.1) is 0 Å². The molecule has 0 saturated heterocycles. The van der Waals surface area contributed by atoms with Crippen molar-refractivity contribution in [2.75, 3.05) is 0 Å². The normalized spacial score (nSPS) is 12.3. The number of benzene rings is 4. The first-order chi connectivity index (χ1) is 23.3. The van der Waals surface area contributed by atoms with Gasteiger partial charge in [0.05, 0.1) is 51.9 Å². The Morgan fingerprint density at radius 3 is 1.47 bits per heavy atom. The Kier molecular flexibility index (Phi) is 5.46. The molecule has 4 aromatic carbocycles. The molecular weight excluding hydrogens is 651 g/mol. The minimum absolute atomic E-state index is 1.18. The van der Waals surface area contributed by atoms with Crippen LogP contribution in [0.5, 0.6) is 0 Å². The monoisotopic (exact) mass is 673 g/mol. The van der Waals surface area contributed by atoms with Crippen LogP contribution in [0.3, 0.4) is 0 Å². The number of hydrogen-bond acceptors (Lipinski definition) is 4. The number of hydrogen-bond donors (Lipinski definition) is 0. The van der Waals surface area contributed by atoms with Gasteiger partial charge in [-0.2, -0.15) is 0 Å². The summed E-state index contributed by atoms with van der Waals surface area (Å²) < 4.78 is 12.7. The highest BCUT2D eigenvalue weighted by molar-refractivity contribution is 7.33. The standard InChI is InChI=1S/C40H23N3S4/c1-3-9-24(10-4-1)41-29-14-8-7-13-27(29)28-21-26(15-16-30(28)41)43-32-18-20-45-38(32)40-34(43)23-36(47-40)35-22-33-39(46-35)37-31(17-19-44-37)42(33)25-11-5-2-6-12-25/h1-23H. The van der Waals surface area contributed by atoms with Crippen LogP contribution >= 0.6 is 45.3 Å². The van der Waals surface area contributed by atoms with Crippen LogP contribution in [0.4, 0.5) is 0 Å². The lowest BCUT2D eigenvalue weighted by Gasteiger charge is -2.09. The van der Waals surface area contributed by atoms with E-state index >= 15 is 0 Å². The summed E-state index contributed by atoms with van der Waals surface area (Å²) in [6.07, 6.45) is 0. The molecule has 11 rings (SSSR count). The summed E-state index contributed by atoms with van der Waals surface area (Å²) in [5, 5.41) is 6.99. The lowest BCUT2D eigenvalue weighted by atomic mass is 10.1. The van der Waals surface area contributed by atoms with E-state index in [2.05, 4.69) is 152 Å². The van der Waals surface area contributed by atoms with Crippen molar-refractivity contribution in [2.24, 2.45) is 0 Å². The molecule has 0 aliphatic carbocycles. The molecule has 7 heterocycles. The maximum Gasteiger partial charge on any atom is 0.0711 e. The van der Waals surface area contributed by atoms with E-state index in [9.17, 15) is 0 Å². The third kappa shape index (κ3) is 3.65. The van der Waals surface area contributed by atoms with Crippen molar-refractivity contribution >= 4 is 108 Å². The number of fused-ring (bicyclic) bond motifs is 9. The lowest BCUT2D eigenvalue weighted by Crippen LogP contribution is -1.95. The van der Waals surface area contributed by atoms with E-state index in [1.165, 1.54) is 89.5 Å². The first-order valence-corrected chi connectivity index (χ1v) is 18.9. The molecule has 0 aliphatic rings. The Morgan fingerprint density at radius 2 is 0.851 bits per heavy atom. The molecule has 0 radical (unpaired) electrons. The van der Waals surface area contributed by atoms with Crippen LogP contribution in [-0.2, 0) is 0 Å². The first-order valence-electron chi connectivity index (χ1n) is 15.5. The SMILES string of the molecule is c1ccc(-n2c3ccccc3c3cc(-n4c5ccsc5c5sc(-c6cc7c(s6)c6sccc6n7-c6ccccc6)cc54)ccc32)cc1. The van der Waals surface area contributed by atoms with Gasteiger partial charge in [0.2, 0.25) is 0 Å². The molecule has 0 saturated carbocycles. The minimum atomic E-state index is 1.18. The molecule has 0 atom stereocenters. The van der Waals surface area contributed by atoms with Gasteiger partial charge in [0.15, 0.2) is 0 Å². The van der Waals surface area contributed by atoms with Gasteiger partial charge in [0.1, 0.15) is 0 Å². The third-order valence-electron chi connectivity index (χ3n) is 9.28. The van der Waals surface area contributed by atoms with Crippen LogP contribution in [0.2, 0.25) is 0 Å². The number of thiophene rings is 4. The molecule has 222 valence electrons. The first kappa shape index (κ1) is 26.2. The highest BCUT2D eigenvalue weighted by Gasteiger charge is 2.22. The molecule has 0 N–H and O–H groups in total. The topological polar surface area (TPSA) is 14.8 Å². The van der Waals surface area contributed by atoms with E-state index in [-0.39, 0.29) is 0 Å². The fourth-order valence-corrected chi connectivity index (χ4v) is 11.8. The fourth-order valence-electron chi connectivity index (χ4n) is 7.31. The molecule has 47 heavy (non-hydrogen) atoms. The molecule has 3 nitrogen and oxygen atoms in total. The van der Waals surface area contributed by atoms with E-state index in [1.54, 1.807) is 0 Å². The Morgan fingerprint density at radius 1 is 0.340 bits per heavy atom. The predicted octanol–water partition coefficient (Wildman–Crippen LogP) is 12.9. The Hall–Kier alpha value is -4.92. The van der Waals surface area contributed by atoms with Gasteiger partial charge in [0.25, 0.3) is 0 Å². The summed E-state index contributed by atoms with van der Waals surface area (Å²) in [5.74, 6) is 0. The summed E-state index contributed by atoms with van der Waals surface area (Å²) in [4.78, 5) is 2.65. The summed E-state index contributed by atoms with van der Waals surface area (Å²) in [5.41, 5.74) is 11.2. The van der Waals surface area contributed by atoms with Gasteiger partial charge in [-0.05, 0) is 83.6 Å². The second-order valence-electron chi connectivity index (χ2n) is 11.8. The molecule has 0 spiro atoms. The maximum atomic E-state index is 2.48. The minimum Gasteiger partial charge on any atom is -0.309 e. The van der Waals surface area contributed by atoms with Gasteiger partial charge in [-0.1, -0.05) is 54.6 Å². The molecule has 0 bridgehead atoms. The highest BCUT2D eigenvalue weighted by Crippen LogP contribution is 2.48. The van der Waals surface area contributed by atoms with Crippen LogP contribution < -0.4 is 0 Å². The number of para-hydroxylation sites is 3. The van der Waals surface area contributed by atoms with Gasteiger partial charge in [-0.25, -0.2) is 0 Å². The van der Waals surface area contributed by atoms with Crippen LogP contribution in [0.1, 0.15) is 0 Å². The maximum absolute atomic E-state index is 2.48. The summed E-state index contributed by atoms with van der Waals surface area (Å²) in [6, 6.07) is 46.6. The van der Waals surface area contributed by atoms with Crippen molar-refractivity contribution in [3.63, 3.8) is 0 Å². The molecule has 0 amide bonds. The Labute approximate surface area is 285 Å². The second-order valence-corrected chi connectivity index (χ2v) is 15.8. The molecule has 0 fully saturated rings. The van der Waals surface area contributed by atoms with E-state index in [1.807, 2.05) is 45.3 Å². The van der Waals surface area contributed by atoms with Gasteiger partial charge in [0, 0.05) is 37.6 Å². The van der Waals surface area contributed by atoms with Gasteiger partial charge in [-0.15, -0.1) is 45.3 Å². The van der Waals surface area contributed by atoms with E-state index in [4.69, 9.17) is 0 Å². The average molecular weight is 674 g/mol. The zero-order valence-electron chi connectivity index (χ0n) is 24.8. The number of rotatable bonds is 4. The summed E-state index contributed by atoms with van der Waals surface area (Å²) >= 11 is 7.53. The van der Waals surface area contributed by atoms with Crippen molar-refractivity contribution in [1.29, 1.82) is 0 Å². The smallest absolute Gasteiger partial charge is 0.0711 e. The van der Waals surface area contributed by atoms with E-state index in [0.29, 0.717) is 0 Å². The zero-order chi connectivity index (χ0) is 30.6. The van der Waals surface area contributed by atoms with Crippen LogP contribution in [0.15, 0.2) is 138 Å². The van der Waals surface area contributed by atoms with Gasteiger partial charge >= 0.3 is 0 Å². The number of nitrogens with zero attached hydrogens (tertiary/aromatic N) is 3. The number of aromatic nitrogens is 3. The quantitative estimate of drug-likeness (QED) is 0.177. The lowest BCUT2D eigenvalue weighted by molar-refractivity contribution is 1.17. The van der Waals surface area contributed by atoms with Crippen molar-refractivity contribution in [1.82, 2.24) is 13.7 Å². The summed E-state index contributed by atoms with van der Waals surface area (Å²) in [7, 11) is 0. The second kappa shape index (κ2) is 9.80. The average Bonchev–Trinajstić information content (AvgIpc) is 3.96. The zero-order valence-corrected chi connectivity index (χ0v) is 28.0. The summed E-state index contributed by atoms with van der Waals surface area (Å²) in [6.45, 7) is 0. The molecular formula is C40H23N3S4. The van der Waals surface area contributed by atoms with Crippen molar-refractivity contribution in [2.45, 2.75) is 0 Å². The predicted molar refractivity (Wildman–Crippen MR) is 206 cm³/mol. The highest BCUT2D eigenvalue weighted by atomic mass is 32.1. The van der Waals surface area contributed by atoms with Crippen molar-refractivity contribution in [3.05, 3.63) is 138 Å². The molecule has 7 heteroatoms. The third-order valence-corrected chi connectivity index (χ3v) is 13.9. The fraction of sp³-hybridized carbons (Fsp3) is 0. The molecule has 7 aromatic heterocycles. The van der Waals surface area contributed by atoms with Gasteiger partial charge < -0.3 is 13.7 Å². The molecule has 0 aliphatic heterocycles. The van der Waals surface area contributed by atoms with Crippen molar-refractivity contribution in [3.8, 4) is 26.8 Å². The van der Waals surface area contributed by atoms with E-state index < -0.39 is 0 Å².